The molecular weight excluding hydrogens is 300 g/mol. The van der Waals surface area contributed by atoms with E-state index >= 15 is 0 Å². The maximum atomic E-state index is 12.2. The molecule has 0 bridgehead atoms. The van der Waals surface area contributed by atoms with Crippen molar-refractivity contribution in [1.82, 2.24) is 4.90 Å². The van der Waals surface area contributed by atoms with Gasteiger partial charge in [0.2, 0.25) is 0 Å². The van der Waals surface area contributed by atoms with Crippen LogP contribution in [-0.2, 0) is 4.79 Å². The van der Waals surface area contributed by atoms with Crippen LogP contribution in [0.25, 0.3) is 0 Å². The molecule has 0 fully saturated rings. The van der Waals surface area contributed by atoms with E-state index in [1.54, 1.807) is 12.1 Å². The summed E-state index contributed by atoms with van der Waals surface area (Å²) in [4.78, 5) is 18.5. The maximum absolute atomic E-state index is 12.2. The summed E-state index contributed by atoms with van der Waals surface area (Å²) >= 11 is 5.88. The van der Waals surface area contributed by atoms with Gasteiger partial charge in [0.05, 0.1) is 12.1 Å². The second kappa shape index (κ2) is 7.56. The fraction of sp³-hybridized carbons (Fsp3) is 0.412. The highest BCUT2D eigenvalue weighted by atomic mass is 35.5. The Bertz CT molecular complexity index is 591. The first kappa shape index (κ1) is 16.7. The summed E-state index contributed by atoms with van der Waals surface area (Å²) in [5.41, 5.74) is 1.37. The summed E-state index contributed by atoms with van der Waals surface area (Å²) in [5, 5.41) is 10.8. The van der Waals surface area contributed by atoms with Crippen molar-refractivity contribution in [3.8, 4) is 0 Å². The first-order valence-electron chi connectivity index (χ1n) is 7.32. The molecule has 22 heavy (non-hydrogen) atoms. The molecule has 1 aromatic carbocycles. The monoisotopic (exact) mass is 320 g/mol. The summed E-state index contributed by atoms with van der Waals surface area (Å²) in [7, 11) is 3.93. The summed E-state index contributed by atoms with van der Waals surface area (Å²) in [6.45, 7) is 1.42. The van der Waals surface area contributed by atoms with Crippen LogP contribution in [0.3, 0.4) is 0 Å². The number of benzene rings is 1. The number of carbonyl (C=O) groups is 1. The van der Waals surface area contributed by atoms with Crippen LogP contribution in [0, 0.1) is 0 Å². The second-order valence-corrected chi connectivity index (χ2v) is 6.22. The van der Waals surface area contributed by atoms with Crippen LogP contribution in [0.2, 0.25) is 5.02 Å². The number of allylic oxidation sites excluding steroid dienone is 2. The third-order valence-corrected chi connectivity index (χ3v) is 3.97. The van der Waals surface area contributed by atoms with E-state index < -0.39 is 0 Å². The molecule has 0 aliphatic heterocycles. The number of likely N-dealkylation sites (N-methyl/N-ethyl adjacent to an activating group) is 1. The summed E-state index contributed by atoms with van der Waals surface area (Å²) in [6, 6.07) is 7.42. The van der Waals surface area contributed by atoms with Crippen LogP contribution >= 0.6 is 11.6 Å². The quantitative estimate of drug-likeness (QED) is 0.847. The van der Waals surface area contributed by atoms with Crippen LogP contribution in [0.4, 0.5) is 0 Å². The molecule has 118 valence electrons. The van der Waals surface area contributed by atoms with Crippen molar-refractivity contribution in [3.05, 3.63) is 46.2 Å². The minimum atomic E-state index is -0.0581. The summed E-state index contributed by atoms with van der Waals surface area (Å²) in [5.74, 6) is 0.0748. The van der Waals surface area contributed by atoms with E-state index in [2.05, 4.69) is 4.99 Å². The Kier molecular flexibility index (Phi) is 5.75. The zero-order valence-electron chi connectivity index (χ0n) is 12.9. The van der Waals surface area contributed by atoms with E-state index in [0.29, 0.717) is 30.0 Å². The van der Waals surface area contributed by atoms with E-state index in [0.717, 1.165) is 12.1 Å². The molecule has 0 radical (unpaired) electrons. The number of carbonyl (C=O) groups excluding carboxylic acids is 1. The van der Waals surface area contributed by atoms with Gasteiger partial charge >= 0.3 is 0 Å². The lowest BCUT2D eigenvalue weighted by atomic mass is 9.83. The molecule has 1 N–H and O–H groups in total. The van der Waals surface area contributed by atoms with Crippen molar-refractivity contribution >= 4 is 23.6 Å². The number of ketones is 1. The van der Waals surface area contributed by atoms with E-state index in [9.17, 15) is 9.90 Å². The minimum absolute atomic E-state index is 0.00342. The number of aliphatic hydroxyl groups is 1. The minimum Gasteiger partial charge on any atom is -0.511 e. The largest absolute Gasteiger partial charge is 0.511 e. The molecule has 0 aromatic heterocycles. The smallest absolute Gasteiger partial charge is 0.168 e. The molecule has 0 amide bonds. The standard InChI is InChI=1S/C17H21ClN2O2/c1-20(2)8-7-19-11-15-16(21)9-13(10-17(15)22)12-3-5-14(18)6-4-12/h3-6,11,13,21H,7-10H2,1-2H3. The van der Waals surface area contributed by atoms with E-state index in [-0.39, 0.29) is 17.5 Å². The number of hydrogen-bond acceptors (Lipinski definition) is 4. The highest BCUT2D eigenvalue weighted by Gasteiger charge is 2.27. The molecule has 5 heteroatoms. The SMILES string of the molecule is CN(C)CCN=CC1=C(O)CC(c2ccc(Cl)cc2)CC1=O. The van der Waals surface area contributed by atoms with Crippen molar-refractivity contribution < 1.29 is 9.90 Å². The van der Waals surface area contributed by atoms with Gasteiger partial charge in [0.15, 0.2) is 5.78 Å². The van der Waals surface area contributed by atoms with Gasteiger partial charge < -0.3 is 10.0 Å². The molecule has 0 spiro atoms. The van der Waals surface area contributed by atoms with Gasteiger partial charge in [0.1, 0.15) is 5.76 Å². The third-order valence-electron chi connectivity index (χ3n) is 3.72. The summed E-state index contributed by atoms with van der Waals surface area (Å²) < 4.78 is 0. The first-order valence-corrected chi connectivity index (χ1v) is 7.70. The van der Waals surface area contributed by atoms with Gasteiger partial charge in [-0.3, -0.25) is 9.79 Å². The topological polar surface area (TPSA) is 52.9 Å². The van der Waals surface area contributed by atoms with E-state index in [1.165, 1.54) is 6.21 Å². The first-order chi connectivity index (χ1) is 10.5. The predicted octanol–water partition coefficient (Wildman–Crippen LogP) is 3.23. The molecule has 1 atom stereocenters. The zero-order valence-corrected chi connectivity index (χ0v) is 13.7. The van der Waals surface area contributed by atoms with Gasteiger partial charge in [0, 0.05) is 30.6 Å². The lowest BCUT2D eigenvalue weighted by Crippen LogP contribution is -2.20. The fourth-order valence-corrected chi connectivity index (χ4v) is 2.57. The van der Waals surface area contributed by atoms with Gasteiger partial charge in [-0.15, -0.1) is 0 Å². The Hall–Kier alpha value is -1.65. The molecule has 1 aliphatic carbocycles. The number of rotatable bonds is 5. The molecule has 0 saturated carbocycles. The van der Waals surface area contributed by atoms with Gasteiger partial charge in [-0.1, -0.05) is 23.7 Å². The predicted molar refractivity (Wildman–Crippen MR) is 90.0 cm³/mol. The van der Waals surface area contributed by atoms with Crippen molar-refractivity contribution in [2.45, 2.75) is 18.8 Å². The third kappa shape index (κ3) is 4.42. The average Bonchev–Trinajstić information content (AvgIpc) is 2.46. The average molecular weight is 321 g/mol. The number of aliphatic hydroxyl groups excluding tert-OH is 1. The summed E-state index contributed by atoms with van der Waals surface area (Å²) in [6.07, 6.45) is 2.36. The van der Waals surface area contributed by atoms with Gasteiger partial charge in [-0.05, 0) is 37.7 Å². The number of aliphatic imine (C=N–C) groups is 1. The molecule has 1 aliphatic rings. The molecule has 1 unspecified atom stereocenters. The molecule has 0 saturated heterocycles. The highest BCUT2D eigenvalue weighted by Crippen LogP contribution is 2.33. The molecule has 0 heterocycles. The number of nitrogens with zero attached hydrogens (tertiary/aromatic N) is 2. The number of halogens is 1. The van der Waals surface area contributed by atoms with E-state index in [1.807, 2.05) is 31.1 Å². The highest BCUT2D eigenvalue weighted by molar-refractivity contribution is 6.30. The fourth-order valence-electron chi connectivity index (χ4n) is 2.44. The van der Waals surface area contributed by atoms with Crippen molar-refractivity contribution in [2.24, 2.45) is 4.99 Å². The molecular formula is C17H21ClN2O2. The van der Waals surface area contributed by atoms with Crippen LogP contribution < -0.4 is 0 Å². The Morgan fingerprint density at radius 1 is 1.32 bits per heavy atom. The number of Topliss-reactive ketones (excluding diaryl/α,β-unsaturated/α-hetero) is 1. The van der Waals surface area contributed by atoms with Crippen LogP contribution in [-0.4, -0.2) is 49.2 Å². The van der Waals surface area contributed by atoms with Crippen molar-refractivity contribution in [1.29, 1.82) is 0 Å². The van der Waals surface area contributed by atoms with Gasteiger partial charge in [-0.2, -0.15) is 0 Å². The van der Waals surface area contributed by atoms with E-state index in [4.69, 9.17) is 11.6 Å². The van der Waals surface area contributed by atoms with Crippen LogP contribution in [0.1, 0.15) is 24.3 Å². The zero-order chi connectivity index (χ0) is 16.1. The Morgan fingerprint density at radius 2 is 2.00 bits per heavy atom. The second-order valence-electron chi connectivity index (χ2n) is 5.78. The maximum Gasteiger partial charge on any atom is 0.168 e. The van der Waals surface area contributed by atoms with Crippen LogP contribution in [0.15, 0.2) is 40.6 Å². The molecule has 4 nitrogen and oxygen atoms in total. The van der Waals surface area contributed by atoms with Crippen LogP contribution in [0.5, 0.6) is 0 Å². The van der Waals surface area contributed by atoms with Crippen molar-refractivity contribution in [2.75, 3.05) is 27.2 Å². The van der Waals surface area contributed by atoms with Gasteiger partial charge in [-0.25, -0.2) is 0 Å². The Labute approximate surface area is 136 Å². The Balaban J connectivity index is 2.06. The molecule has 2 rings (SSSR count). The van der Waals surface area contributed by atoms with Gasteiger partial charge in [0.25, 0.3) is 0 Å². The Morgan fingerprint density at radius 3 is 2.59 bits per heavy atom. The molecule has 1 aromatic rings. The number of hydrogen-bond donors (Lipinski definition) is 1. The lowest BCUT2D eigenvalue weighted by molar-refractivity contribution is -0.116. The normalized spacial score (nSPS) is 19.5. The lowest BCUT2D eigenvalue weighted by Gasteiger charge is -2.22. The van der Waals surface area contributed by atoms with Crippen molar-refractivity contribution in [3.63, 3.8) is 0 Å².